The molecule has 1 aliphatic heterocycles. The van der Waals surface area contributed by atoms with Gasteiger partial charge in [-0.25, -0.2) is 0 Å². The van der Waals surface area contributed by atoms with Crippen molar-refractivity contribution in [3.05, 3.63) is 0 Å². The lowest BCUT2D eigenvalue weighted by Crippen LogP contribution is -2.33. The lowest BCUT2D eigenvalue weighted by molar-refractivity contribution is -0.121. The number of Topliss-reactive ketones (excluding diaryl/α,β-unsaturated/α-hetero) is 1. The molecule has 0 atom stereocenters. The summed E-state index contributed by atoms with van der Waals surface area (Å²) in [6.07, 6.45) is 1.21. The van der Waals surface area contributed by atoms with E-state index in [1.807, 2.05) is 0 Å². The van der Waals surface area contributed by atoms with E-state index in [0.717, 1.165) is 0 Å². The highest BCUT2D eigenvalue weighted by atomic mass is 32.3. The minimum absolute atomic E-state index is 0.285. The standard InChI is InChI=1S/C7H12FNO3S/c8-13(11,12)5-7(10)6-1-3-9-4-2-6/h6,9H,1-5H2. The summed E-state index contributed by atoms with van der Waals surface area (Å²) in [5, 5.41) is 3.04. The van der Waals surface area contributed by atoms with E-state index >= 15 is 0 Å². The van der Waals surface area contributed by atoms with Gasteiger partial charge >= 0.3 is 10.2 Å². The Bertz CT molecular complexity index is 282. The van der Waals surface area contributed by atoms with Crippen LogP contribution in [0.5, 0.6) is 0 Å². The zero-order valence-electron chi connectivity index (χ0n) is 7.12. The largest absolute Gasteiger partial charge is 0.317 e. The summed E-state index contributed by atoms with van der Waals surface area (Å²) in [6.45, 7) is 1.39. The van der Waals surface area contributed by atoms with Crippen LogP contribution in [-0.2, 0) is 15.0 Å². The molecule has 1 N–H and O–H groups in total. The molecule has 1 aliphatic rings. The van der Waals surface area contributed by atoms with Crippen LogP contribution in [0.2, 0.25) is 0 Å². The molecule has 4 nitrogen and oxygen atoms in total. The molecule has 0 amide bonds. The molecule has 0 radical (unpaired) electrons. The Kier molecular flexibility index (Phi) is 3.38. The smallest absolute Gasteiger partial charge is 0.309 e. The van der Waals surface area contributed by atoms with Crippen molar-refractivity contribution in [2.75, 3.05) is 18.8 Å². The molecule has 0 spiro atoms. The zero-order chi connectivity index (χ0) is 9.90. The van der Waals surface area contributed by atoms with Crippen molar-refractivity contribution in [2.45, 2.75) is 12.8 Å². The first-order valence-corrected chi connectivity index (χ1v) is 5.70. The second-order valence-electron chi connectivity index (χ2n) is 3.17. The molecule has 1 heterocycles. The molecule has 0 aromatic rings. The molecule has 1 rings (SSSR count). The van der Waals surface area contributed by atoms with Crippen LogP contribution >= 0.6 is 0 Å². The third kappa shape index (κ3) is 3.82. The first-order valence-electron chi connectivity index (χ1n) is 4.15. The lowest BCUT2D eigenvalue weighted by atomic mass is 9.94. The number of halogens is 1. The van der Waals surface area contributed by atoms with Crippen LogP contribution in [-0.4, -0.2) is 33.0 Å². The molecule has 1 saturated heterocycles. The monoisotopic (exact) mass is 209 g/mol. The molecule has 0 aromatic heterocycles. The summed E-state index contributed by atoms with van der Waals surface area (Å²) < 4.78 is 32.5. The van der Waals surface area contributed by atoms with Gasteiger partial charge in [-0.15, -0.1) is 3.89 Å². The second-order valence-corrected chi connectivity index (χ2v) is 4.54. The van der Waals surface area contributed by atoms with E-state index in [9.17, 15) is 17.1 Å². The predicted molar refractivity (Wildman–Crippen MR) is 45.5 cm³/mol. The van der Waals surface area contributed by atoms with Gasteiger partial charge in [0.2, 0.25) is 0 Å². The highest BCUT2D eigenvalue weighted by Crippen LogP contribution is 2.13. The first-order chi connectivity index (χ1) is 5.99. The van der Waals surface area contributed by atoms with E-state index in [2.05, 4.69) is 5.32 Å². The lowest BCUT2D eigenvalue weighted by Gasteiger charge is -2.20. The fourth-order valence-electron chi connectivity index (χ4n) is 1.43. The van der Waals surface area contributed by atoms with Crippen molar-refractivity contribution in [1.29, 1.82) is 0 Å². The SMILES string of the molecule is O=C(CS(=O)(=O)F)C1CCNCC1. The molecule has 76 valence electrons. The van der Waals surface area contributed by atoms with E-state index in [4.69, 9.17) is 0 Å². The molecule has 0 aliphatic carbocycles. The van der Waals surface area contributed by atoms with Gasteiger partial charge in [-0.1, -0.05) is 0 Å². The Hall–Kier alpha value is -0.490. The van der Waals surface area contributed by atoms with Crippen molar-refractivity contribution in [3.63, 3.8) is 0 Å². The average molecular weight is 209 g/mol. The van der Waals surface area contributed by atoms with Gasteiger partial charge in [-0.2, -0.15) is 8.42 Å². The van der Waals surface area contributed by atoms with Crippen LogP contribution in [0, 0.1) is 5.92 Å². The highest BCUT2D eigenvalue weighted by Gasteiger charge is 2.25. The molecule has 0 saturated carbocycles. The van der Waals surface area contributed by atoms with Gasteiger partial charge in [0.15, 0.2) is 5.78 Å². The van der Waals surface area contributed by atoms with E-state index in [-0.39, 0.29) is 5.92 Å². The maximum atomic E-state index is 12.1. The molecule has 6 heteroatoms. The van der Waals surface area contributed by atoms with Gasteiger partial charge in [-0.3, -0.25) is 4.79 Å². The number of hydrogen-bond acceptors (Lipinski definition) is 4. The Balaban J connectivity index is 2.47. The Labute approximate surface area is 76.7 Å². The third-order valence-electron chi connectivity index (χ3n) is 2.11. The van der Waals surface area contributed by atoms with Gasteiger partial charge in [0.1, 0.15) is 5.75 Å². The normalized spacial score (nSPS) is 20.1. The van der Waals surface area contributed by atoms with Crippen LogP contribution < -0.4 is 5.32 Å². The van der Waals surface area contributed by atoms with Gasteiger partial charge < -0.3 is 5.32 Å². The molecule has 0 unspecified atom stereocenters. The fourth-order valence-corrected chi connectivity index (χ4v) is 2.01. The predicted octanol–water partition coefficient (Wildman–Crippen LogP) is -0.146. The van der Waals surface area contributed by atoms with Crippen LogP contribution in [0.15, 0.2) is 0 Å². The van der Waals surface area contributed by atoms with Crippen LogP contribution in [0.25, 0.3) is 0 Å². The number of nitrogens with one attached hydrogen (secondary N) is 1. The van der Waals surface area contributed by atoms with Crippen molar-refractivity contribution < 1.29 is 17.1 Å². The number of rotatable bonds is 3. The summed E-state index contributed by atoms with van der Waals surface area (Å²) in [5.74, 6) is -1.74. The van der Waals surface area contributed by atoms with E-state index in [1.54, 1.807) is 0 Å². The minimum atomic E-state index is -4.64. The highest BCUT2D eigenvalue weighted by molar-refractivity contribution is 7.87. The van der Waals surface area contributed by atoms with E-state index in [1.165, 1.54) is 0 Å². The minimum Gasteiger partial charge on any atom is -0.317 e. The zero-order valence-corrected chi connectivity index (χ0v) is 7.94. The van der Waals surface area contributed by atoms with Crippen molar-refractivity contribution in [1.82, 2.24) is 5.32 Å². The number of hydrogen-bond donors (Lipinski definition) is 1. The summed E-state index contributed by atoms with van der Waals surface area (Å²) in [7, 11) is -4.64. The van der Waals surface area contributed by atoms with Gasteiger partial charge in [0.25, 0.3) is 0 Å². The molecule has 13 heavy (non-hydrogen) atoms. The Morgan fingerprint density at radius 1 is 1.38 bits per heavy atom. The van der Waals surface area contributed by atoms with E-state index < -0.39 is 21.8 Å². The number of carbonyl (C=O) groups is 1. The topological polar surface area (TPSA) is 63.2 Å². The molecule has 0 aromatic carbocycles. The second kappa shape index (κ2) is 4.15. The Morgan fingerprint density at radius 3 is 2.38 bits per heavy atom. The maximum Gasteiger partial charge on any atom is 0.309 e. The summed E-state index contributed by atoms with van der Waals surface area (Å²) in [5.41, 5.74) is 0. The maximum absolute atomic E-state index is 12.1. The first kappa shape index (κ1) is 10.6. The third-order valence-corrected chi connectivity index (χ3v) is 2.74. The quantitative estimate of drug-likeness (QED) is 0.657. The average Bonchev–Trinajstić information content (AvgIpc) is 2.03. The summed E-state index contributed by atoms with van der Waals surface area (Å²) in [4.78, 5) is 11.2. The van der Waals surface area contributed by atoms with Crippen molar-refractivity contribution >= 4 is 16.0 Å². The van der Waals surface area contributed by atoms with Crippen molar-refractivity contribution in [3.8, 4) is 0 Å². The Morgan fingerprint density at radius 2 is 1.92 bits per heavy atom. The number of ketones is 1. The van der Waals surface area contributed by atoms with Crippen LogP contribution in [0.4, 0.5) is 3.89 Å². The van der Waals surface area contributed by atoms with Crippen LogP contribution in [0.3, 0.4) is 0 Å². The summed E-state index contributed by atoms with van der Waals surface area (Å²) in [6, 6.07) is 0. The molecular formula is C7H12FNO3S. The van der Waals surface area contributed by atoms with Crippen molar-refractivity contribution in [2.24, 2.45) is 5.92 Å². The molecule has 0 bridgehead atoms. The van der Waals surface area contributed by atoms with E-state index in [0.29, 0.717) is 25.9 Å². The number of piperidine rings is 1. The van der Waals surface area contributed by atoms with Gasteiger partial charge in [-0.05, 0) is 25.9 Å². The molecular weight excluding hydrogens is 197 g/mol. The number of carbonyl (C=O) groups excluding carboxylic acids is 1. The van der Waals surface area contributed by atoms with Crippen LogP contribution in [0.1, 0.15) is 12.8 Å². The van der Waals surface area contributed by atoms with Gasteiger partial charge in [0, 0.05) is 5.92 Å². The fraction of sp³-hybridized carbons (Fsp3) is 0.857. The summed E-state index contributed by atoms with van der Waals surface area (Å²) >= 11 is 0. The van der Waals surface area contributed by atoms with Gasteiger partial charge in [0.05, 0.1) is 0 Å². The molecule has 1 fully saturated rings.